The van der Waals surface area contributed by atoms with Crippen molar-refractivity contribution in [2.75, 3.05) is 6.61 Å². The largest absolute Gasteiger partial charge is 0.488 e. The number of ether oxygens (including phenoxy) is 1. The molecule has 5 heteroatoms. The molecule has 0 aliphatic rings. The first kappa shape index (κ1) is 15.7. The summed E-state index contributed by atoms with van der Waals surface area (Å²) in [4.78, 5) is 12.6. The number of hydrogen-bond acceptors (Lipinski definition) is 3. The first-order valence-electron chi connectivity index (χ1n) is 6.67. The van der Waals surface area contributed by atoms with Crippen molar-refractivity contribution in [3.8, 4) is 5.75 Å². The van der Waals surface area contributed by atoms with Gasteiger partial charge in [0.05, 0.1) is 11.6 Å². The summed E-state index contributed by atoms with van der Waals surface area (Å²) < 4.78 is 7.12. The highest BCUT2D eigenvalue weighted by molar-refractivity contribution is 7.80. The second kappa shape index (κ2) is 7.94. The fourth-order valence-electron chi connectivity index (χ4n) is 1.69. The molecule has 4 nitrogen and oxygen atoms in total. The Hall–Kier alpha value is -1.36. The van der Waals surface area contributed by atoms with E-state index in [9.17, 15) is 4.79 Å². The first-order valence-corrected chi connectivity index (χ1v) is 7.08. The number of hydrogen-bond donors (Lipinski definition) is 1. The van der Waals surface area contributed by atoms with E-state index in [4.69, 9.17) is 22.7 Å². The minimum absolute atomic E-state index is 0.0111. The lowest BCUT2D eigenvalue weighted by Gasteiger charge is -2.13. The fraction of sp³-hybridized carbons (Fsp3) is 0.571. The molecule has 1 aromatic heterocycles. The summed E-state index contributed by atoms with van der Waals surface area (Å²) in [7, 11) is 0. The molecule has 0 aromatic carbocycles. The van der Waals surface area contributed by atoms with Crippen molar-refractivity contribution in [1.82, 2.24) is 4.57 Å². The fourth-order valence-corrected chi connectivity index (χ4v) is 1.76. The van der Waals surface area contributed by atoms with E-state index in [2.05, 4.69) is 6.92 Å². The molecule has 1 atom stereocenters. The molecule has 0 amide bonds. The van der Waals surface area contributed by atoms with Crippen LogP contribution in [0.2, 0.25) is 0 Å². The summed E-state index contributed by atoms with van der Waals surface area (Å²) in [5.41, 5.74) is 5.45. The van der Waals surface area contributed by atoms with E-state index >= 15 is 0 Å². The van der Waals surface area contributed by atoms with E-state index in [1.54, 1.807) is 16.8 Å². The molecule has 1 aromatic rings. The van der Waals surface area contributed by atoms with Crippen molar-refractivity contribution in [1.29, 1.82) is 0 Å². The topological polar surface area (TPSA) is 57.2 Å². The lowest BCUT2D eigenvalue weighted by atomic mass is 10.2. The van der Waals surface area contributed by atoms with Gasteiger partial charge in [0.25, 0.3) is 5.56 Å². The van der Waals surface area contributed by atoms with E-state index in [-0.39, 0.29) is 11.5 Å². The molecule has 0 saturated heterocycles. The standard InChI is InChI=1S/C14H22N2O2S/c1-3-4-5-9-18-12-7-6-8-16(14(12)17)10-11(2)13(15)19/h6-8,11H,3-5,9-10H2,1-2H3,(H2,15,19). The summed E-state index contributed by atoms with van der Waals surface area (Å²) in [6.45, 7) is 5.11. The number of unbranched alkanes of at least 4 members (excludes halogenated alkanes) is 2. The molecule has 0 fully saturated rings. The van der Waals surface area contributed by atoms with Crippen LogP contribution in [0.25, 0.3) is 0 Å². The Balaban J connectivity index is 2.69. The molecule has 0 spiro atoms. The van der Waals surface area contributed by atoms with Gasteiger partial charge in [-0.15, -0.1) is 0 Å². The molecule has 1 rings (SSSR count). The summed E-state index contributed by atoms with van der Waals surface area (Å²) >= 11 is 4.92. The van der Waals surface area contributed by atoms with Crippen LogP contribution in [-0.4, -0.2) is 16.2 Å². The van der Waals surface area contributed by atoms with Crippen LogP contribution in [0, 0.1) is 5.92 Å². The van der Waals surface area contributed by atoms with E-state index in [0.29, 0.717) is 23.9 Å². The van der Waals surface area contributed by atoms with E-state index in [1.807, 2.05) is 13.0 Å². The van der Waals surface area contributed by atoms with Gasteiger partial charge in [0.15, 0.2) is 5.75 Å². The number of nitrogens with zero attached hydrogens (tertiary/aromatic N) is 1. The zero-order valence-corrected chi connectivity index (χ0v) is 12.4. The molecular formula is C14H22N2O2S. The smallest absolute Gasteiger partial charge is 0.292 e. The Labute approximate surface area is 119 Å². The molecule has 0 bridgehead atoms. The molecule has 106 valence electrons. The second-order valence-corrected chi connectivity index (χ2v) is 5.16. The molecule has 2 N–H and O–H groups in total. The predicted molar refractivity (Wildman–Crippen MR) is 81.7 cm³/mol. The predicted octanol–water partition coefficient (Wildman–Crippen LogP) is 2.34. The maximum Gasteiger partial charge on any atom is 0.292 e. The highest BCUT2D eigenvalue weighted by atomic mass is 32.1. The molecule has 0 aliphatic heterocycles. The third kappa shape index (κ3) is 5.03. The van der Waals surface area contributed by atoms with Gasteiger partial charge in [-0.25, -0.2) is 0 Å². The van der Waals surface area contributed by atoms with Gasteiger partial charge < -0.3 is 15.0 Å². The molecule has 0 radical (unpaired) electrons. The van der Waals surface area contributed by atoms with Gasteiger partial charge in [-0.1, -0.05) is 38.9 Å². The third-order valence-corrected chi connectivity index (χ3v) is 3.35. The number of aromatic nitrogens is 1. The highest BCUT2D eigenvalue weighted by Crippen LogP contribution is 2.06. The zero-order valence-electron chi connectivity index (χ0n) is 11.6. The van der Waals surface area contributed by atoms with Crippen LogP contribution in [-0.2, 0) is 6.54 Å². The van der Waals surface area contributed by atoms with Crippen LogP contribution >= 0.6 is 12.2 Å². The lowest BCUT2D eigenvalue weighted by Crippen LogP contribution is -2.29. The summed E-state index contributed by atoms with van der Waals surface area (Å²) in [6, 6.07) is 3.51. The van der Waals surface area contributed by atoms with Gasteiger partial charge in [-0.3, -0.25) is 4.79 Å². The number of thiocarbonyl (C=S) groups is 1. The number of rotatable bonds is 8. The van der Waals surface area contributed by atoms with Crippen molar-refractivity contribution in [2.45, 2.75) is 39.7 Å². The van der Waals surface area contributed by atoms with Gasteiger partial charge in [0.1, 0.15) is 0 Å². The first-order chi connectivity index (χ1) is 9.06. The summed E-state index contributed by atoms with van der Waals surface area (Å²) in [5, 5.41) is 0. The Morgan fingerprint density at radius 1 is 1.53 bits per heavy atom. The van der Waals surface area contributed by atoms with Gasteiger partial charge >= 0.3 is 0 Å². The lowest BCUT2D eigenvalue weighted by molar-refractivity contribution is 0.299. The zero-order chi connectivity index (χ0) is 14.3. The Kier molecular flexibility index (Phi) is 6.56. The Morgan fingerprint density at radius 2 is 2.26 bits per heavy atom. The number of nitrogens with two attached hydrogens (primary N) is 1. The molecular weight excluding hydrogens is 260 g/mol. The Morgan fingerprint density at radius 3 is 2.89 bits per heavy atom. The average Bonchev–Trinajstić information content (AvgIpc) is 2.38. The van der Waals surface area contributed by atoms with E-state index in [1.165, 1.54) is 0 Å². The van der Waals surface area contributed by atoms with Crippen LogP contribution in [0.1, 0.15) is 33.1 Å². The third-order valence-electron chi connectivity index (χ3n) is 2.95. The van der Waals surface area contributed by atoms with Gasteiger partial charge in [0.2, 0.25) is 0 Å². The maximum atomic E-state index is 12.1. The van der Waals surface area contributed by atoms with E-state index in [0.717, 1.165) is 19.3 Å². The highest BCUT2D eigenvalue weighted by Gasteiger charge is 2.09. The van der Waals surface area contributed by atoms with E-state index < -0.39 is 0 Å². The molecule has 0 saturated carbocycles. The quantitative estimate of drug-likeness (QED) is 0.587. The van der Waals surface area contributed by atoms with Gasteiger partial charge in [-0.05, 0) is 18.6 Å². The van der Waals surface area contributed by atoms with Crippen LogP contribution in [0.15, 0.2) is 23.1 Å². The minimum Gasteiger partial charge on any atom is -0.488 e. The minimum atomic E-state index is -0.123. The average molecular weight is 282 g/mol. The second-order valence-electron chi connectivity index (χ2n) is 4.69. The van der Waals surface area contributed by atoms with Crippen molar-refractivity contribution in [2.24, 2.45) is 11.7 Å². The summed E-state index contributed by atoms with van der Waals surface area (Å²) in [5.74, 6) is 0.386. The van der Waals surface area contributed by atoms with Crippen molar-refractivity contribution < 1.29 is 4.74 Å². The van der Waals surface area contributed by atoms with Crippen LogP contribution in [0.5, 0.6) is 5.75 Å². The van der Waals surface area contributed by atoms with Crippen LogP contribution in [0.3, 0.4) is 0 Å². The van der Waals surface area contributed by atoms with Crippen LogP contribution < -0.4 is 16.0 Å². The van der Waals surface area contributed by atoms with Gasteiger partial charge in [0, 0.05) is 18.7 Å². The monoisotopic (exact) mass is 282 g/mol. The van der Waals surface area contributed by atoms with Crippen molar-refractivity contribution >= 4 is 17.2 Å². The molecule has 1 heterocycles. The molecule has 19 heavy (non-hydrogen) atoms. The molecule has 1 unspecified atom stereocenters. The van der Waals surface area contributed by atoms with Crippen LogP contribution in [0.4, 0.5) is 0 Å². The number of pyridine rings is 1. The Bertz CT molecular complexity index is 471. The van der Waals surface area contributed by atoms with Crippen molar-refractivity contribution in [3.63, 3.8) is 0 Å². The maximum absolute atomic E-state index is 12.1. The normalized spacial score (nSPS) is 12.1. The summed E-state index contributed by atoms with van der Waals surface area (Å²) in [6.07, 6.45) is 4.94. The van der Waals surface area contributed by atoms with Gasteiger partial charge in [-0.2, -0.15) is 0 Å². The van der Waals surface area contributed by atoms with Crippen molar-refractivity contribution in [3.05, 3.63) is 28.7 Å². The molecule has 0 aliphatic carbocycles. The SMILES string of the molecule is CCCCCOc1cccn(CC(C)C(N)=S)c1=O.